The second-order valence-electron chi connectivity index (χ2n) is 10.5. The molecule has 1 atom stereocenters. The molecule has 0 saturated carbocycles. The fraction of sp³-hybridized carbons (Fsp3) is 0.235. The Labute approximate surface area is 239 Å². The number of ether oxygens (including phenoxy) is 2. The lowest BCUT2D eigenvalue weighted by Crippen LogP contribution is -2.39. The molecule has 0 N–H and O–H groups in total. The molecule has 0 spiro atoms. The van der Waals surface area contributed by atoms with Gasteiger partial charge in [0.2, 0.25) is 0 Å². The lowest BCUT2D eigenvalue weighted by molar-refractivity contribution is 0.151. The molecule has 4 aromatic carbocycles. The Bertz CT molecular complexity index is 1630. The van der Waals surface area contributed by atoms with Crippen molar-refractivity contribution in [1.29, 1.82) is 0 Å². The first kappa shape index (κ1) is 25.3. The number of hydrogen-bond acceptors (Lipinski definition) is 5. The van der Waals surface area contributed by atoms with Crippen LogP contribution in [0.4, 0.5) is 0 Å². The van der Waals surface area contributed by atoms with Crippen LogP contribution in [0, 0.1) is 0 Å². The average molecular weight is 549 g/mol. The zero-order valence-corrected chi connectivity index (χ0v) is 23.4. The third-order valence-corrected chi connectivity index (χ3v) is 8.85. The van der Waals surface area contributed by atoms with E-state index in [1.165, 1.54) is 50.9 Å². The van der Waals surface area contributed by atoms with Crippen molar-refractivity contribution < 1.29 is 13.7 Å². The molecule has 40 heavy (non-hydrogen) atoms. The summed E-state index contributed by atoms with van der Waals surface area (Å²) in [5.74, 6) is 1.82. The first-order chi connectivity index (χ1) is 19.8. The van der Waals surface area contributed by atoms with E-state index in [0.29, 0.717) is 19.4 Å². The third-order valence-electron chi connectivity index (χ3n) is 8.16. The lowest BCUT2D eigenvalue weighted by atomic mass is 9.85. The first-order valence-electron chi connectivity index (χ1n) is 13.8. The van der Waals surface area contributed by atoms with Crippen LogP contribution in [0.25, 0.3) is 10.9 Å². The minimum Gasteiger partial charge on any atom is -0.497 e. The number of methoxy groups -OCH3 is 1. The first-order valence-corrected chi connectivity index (χ1v) is 14.6. The summed E-state index contributed by atoms with van der Waals surface area (Å²) in [5, 5.41) is 1.26. The zero-order chi connectivity index (χ0) is 26.9. The summed E-state index contributed by atoms with van der Waals surface area (Å²) in [5.41, 5.74) is 7.93. The molecule has 0 saturated heterocycles. The number of fused-ring (bicyclic) bond motifs is 6. The number of rotatable bonds is 8. The molecule has 0 aliphatic carbocycles. The average Bonchev–Trinajstić information content (AvgIpc) is 3.31. The van der Waals surface area contributed by atoms with Crippen molar-refractivity contribution in [3.63, 3.8) is 0 Å². The van der Waals surface area contributed by atoms with Gasteiger partial charge in [-0.2, -0.15) is 0 Å². The maximum Gasteiger partial charge on any atom is 0.137 e. The molecule has 7 rings (SSSR count). The van der Waals surface area contributed by atoms with Gasteiger partial charge in [-0.3, -0.25) is 9.08 Å². The van der Waals surface area contributed by atoms with Crippen LogP contribution >= 0.6 is 12.0 Å². The Morgan fingerprint density at radius 3 is 2.50 bits per heavy atom. The van der Waals surface area contributed by atoms with Gasteiger partial charge < -0.3 is 14.0 Å². The van der Waals surface area contributed by atoms with E-state index in [9.17, 15) is 0 Å². The molecule has 5 nitrogen and oxygen atoms in total. The van der Waals surface area contributed by atoms with E-state index in [1.54, 1.807) is 7.11 Å². The van der Waals surface area contributed by atoms with Gasteiger partial charge in [0.1, 0.15) is 24.8 Å². The number of hydrogen-bond donors (Lipinski definition) is 0. The minimum atomic E-state index is 0.321. The molecule has 0 amide bonds. The smallest absolute Gasteiger partial charge is 0.137 e. The Hall–Kier alpha value is -3.71. The van der Waals surface area contributed by atoms with Gasteiger partial charge in [-0.05, 0) is 77.6 Å². The molecule has 3 heterocycles. The van der Waals surface area contributed by atoms with Crippen LogP contribution in [0.5, 0.6) is 11.5 Å². The van der Waals surface area contributed by atoms with Crippen molar-refractivity contribution >= 4 is 22.9 Å². The van der Waals surface area contributed by atoms with E-state index < -0.39 is 0 Å². The number of benzene rings is 4. The van der Waals surface area contributed by atoms with Crippen molar-refractivity contribution in [2.45, 2.75) is 43.7 Å². The van der Waals surface area contributed by atoms with Crippen molar-refractivity contribution in [1.82, 2.24) is 9.47 Å². The van der Waals surface area contributed by atoms with Crippen LogP contribution in [-0.4, -0.2) is 23.1 Å². The van der Waals surface area contributed by atoms with Gasteiger partial charge in [-0.1, -0.05) is 54.6 Å². The van der Waals surface area contributed by atoms with Gasteiger partial charge in [0, 0.05) is 47.1 Å². The number of nitrogens with zero attached hydrogens (tertiary/aromatic N) is 2. The minimum absolute atomic E-state index is 0.321. The van der Waals surface area contributed by atoms with Gasteiger partial charge >= 0.3 is 0 Å². The molecule has 202 valence electrons. The van der Waals surface area contributed by atoms with E-state index in [-0.39, 0.29) is 0 Å². The molecule has 0 radical (unpaired) electrons. The molecule has 0 bridgehead atoms. The summed E-state index contributed by atoms with van der Waals surface area (Å²) < 4.78 is 20.4. The SMILES string of the molecule is COc1ccc2c(c1)c1c(n2COSc2ccccc2)CN2CCc3ccc(OCc4ccccc4)cc3C2C1. The highest BCUT2D eigenvalue weighted by atomic mass is 32.2. The Morgan fingerprint density at radius 1 is 0.875 bits per heavy atom. The fourth-order valence-electron chi connectivity index (χ4n) is 6.13. The second kappa shape index (κ2) is 11.0. The summed E-state index contributed by atoms with van der Waals surface area (Å²) in [6.45, 7) is 3.01. The van der Waals surface area contributed by atoms with Gasteiger partial charge in [-0.25, -0.2) is 0 Å². The van der Waals surface area contributed by atoms with E-state index in [2.05, 4.69) is 76.2 Å². The summed E-state index contributed by atoms with van der Waals surface area (Å²) in [4.78, 5) is 3.73. The summed E-state index contributed by atoms with van der Waals surface area (Å²) >= 11 is 1.43. The van der Waals surface area contributed by atoms with Crippen LogP contribution in [-0.2, 0) is 36.9 Å². The highest BCUT2D eigenvalue weighted by Crippen LogP contribution is 2.43. The quantitative estimate of drug-likeness (QED) is 0.187. The highest BCUT2D eigenvalue weighted by Gasteiger charge is 2.35. The molecule has 0 fully saturated rings. The predicted molar refractivity (Wildman–Crippen MR) is 160 cm³/mol. The summed E-state index contributed by atoms with van der Waals surface area (Å²) in [6, 6.07) is 34.0. The van der Waals surface area contributed by atoms with Crippen molar-refractivity contribution in [2.75, 3.05) is 13.7 Å². The van der Waals surface area contributed by atoms with Crippen LogP contribution < -0.4 is 9.47 Å². The molecule has 2 aliphatic heterocycles. The maximum atomic E-state index is 6.23. The van der Waals surface area contributed by atoms with Gasteiger partial charge in [-0.15, -0.1) is 0 Å². The highest BCUT2D eigenvalue weighted by molar-refractivity contribution is 7.94. The molecule has 6 heteroatoms. The lowest BCUT2D eigenvalue weighted by Gasteiger charge is -2.41. The van der Waals surface area contributed by atoms with Crippen molar-refractivity contribution in [2.24, 2.45) is 0 Å². The Balaban J connectivity index is 1.19. The van der Waals surface area contributed by atoms with Crippen LogP contribution in [0.2, 0.25) is 0 Å². The predicted octanol–water partition coefficient (Wildman–Crippen LogP) is 7.57. The number of aromatic nitrogens is 1. The van der Waals surface area contributed by atoms with E-state index >= 15 is 0 Å². The normalized spacial score (nSPS) is 16.3. The van der Waals surface area contributed by atoms with Crippen molar-refractivity contribution in [3.8, 4) is 11.5 Å². The van der Waals surface area contributed by atoms with Gasteiger partial charge in [0.15, 0.2) is 0 Å². The largest absolute Gasteiger partial charge is 0.497 e. The second-order valence-corrected chi connectivity index (χ2v) is 11.3. The van der Waals surface area contributed by atoms with E-state index in [0.717, 1.165) is 42.3 Å². The Morgan fingerprint density at radius 2 is 1.68 bits per heavy atom. The monoisotopic (exact) mass is 548 g/mol. The van der Waals surface area contributed by atoms with Gasteiger partial charge in [0.25, 0.3) is 0 Å². The summed E-state index contributed by atoms with van der Waals surface area (Å²) in [6.07, 6.45) is 2.00. The maximum absolute atomic E-state index is 6.23. The molecule has 5 aromatic rings. The van der Waals surface area contributed by atoms with E-state index in [1.807, 2.05) is 30.3 Å². The van der Waals surface area contributed by atoms with Crippen LogP contribution in [0.3, 0.4) is 0 Å². The molecular weight excluding hydrogens is 516 g/mol. The molecule has 1 unspecified atom stereocenters. The Kier molecular flexibility index (Phi) is 6.98. The third kappa shape index (κ3) is 4.87. The summed E-state index contributed by atoms with van der Waals surface area (Å²) in [7, 11) is 1.74. The van der Waals surface area contributed by atoms with Crippen LogP contribution in [0.1, 0.15) is 34.0 Å². The van der Waals surface area contributed by atoms with E-state index in [4.69, 9.17) is 13.7 Å². The fourth-order valence-corrected chi connectivity index (χ4v) is 6.70. The molecule has 1 aromatic heterocycles. The zero-order valence-electron chi connectivity index (χ0n) is 22.6. The molecular formula is C34H32N2O3S. The van der Waals surface area contributed by atoms with Crippen LogP contribution in [0.15, 0.2) is 102 Å². The standard InChI is InChI=1S/C34H32N2O3S/c1-37-26-14-15-32-30(18-26)31-20-33-29-19-27(38-22-24-8-4-2-5-9-24)13-12-25(29)16-17-35(33)21-34(31)36(32)23-39-40-28-10-6-3-7-11-28/h2-15,18-19,33H,16-17,20-23H2,1H3. The van der Waals surface area contributed by atoms with Crippen molar-refractivity contribution in [3.05, 3.63) is 125 Å². The van der Waals surface area contributed by atoms with Gasteiger partial charge in [0.05, 0.1) is 12.6 Å². The topological polar surface area (TPSA) is 35.9 Å². The molecule has 2 aliphatic rings.